The van der Waals surface area contributed by atoms with Crippen molar-refractivity contribution in [3.63, 3.8) is 0 Å². The zero-order valence-electron chi connectivity index (χ0n) is 12.9. The molecule has 0 radical (unpaired) electrons. The topological polar surface area (TPSA) is 73.4 Å². The molecule has 7 nitrogen and oxygen atoms in total. The molecule has 0 unspecified atom stereocenters. The average Bonchev–Trinajstić information content (AvgIpc) is 3.09. The van der Waals surface area contributed by atoms with Gasteiger partial charge in [0.1, 0.15) is 18.1 Å². The number of rotatable bonds is 5. The molecule has 1 aliphatic rings. The van der Waals surface area contributed by atoms with Gasteiger partial charge in [-0.25, -0.2) is 4.98 Å². The second-order valence-electron chi connectivity index (χ2n) is 5.42. The van der Waals surface area contributed by atoms with Crippen LogP contribution in [0.15, 0.2) is 16.7 Å². The van der Waals surface area contributed by atoms with Crippen LogP contribution in [0.2, 0.25) is 0 Å². The van der Waals surface area contributed by atoms with Crippen molar-refractivity contribution in [2.75, 3.05) is 13.7 Å². The van der Waals surface area contributed by atoms with E-state index >= 15 is 0 Å². The van der Waals surface area contributed by atoms with Crippen LogP contribution in [0.3, 0.4) is 0 Å². The van der Waals surface area contributed by atoms with Gasteiger partial charge < -0.3 is 14.1 Å². The molecule has 0 spiro atoms. The van der Waals surface area contributed by atoms with Gasteiger partial charge in [0.05, 0.1) is 6.54 Å². The van der Waals surface area contributed by atoms with E-state index in [-0.39, 0.29) is 5.91 Å². The summed E-state index contributed by atoms with van der Waals surface area (Å²) in [5.74, 6) is 1.57. The first-order chi connectivity index (χ1) is 10.7. The Hall–Kier alpha value is -2.15. The van der Waals surface area contributed by atoms with Crippen LogP contribution >= 0.6 is 0 Å². The molecule has 0 aromatic carbocycles. The zero-order valence-corrected chi connectivity index (χ0v) is 12.9. The largest absolute Gasteiger partial charge is 0.443 e. The van der Waals surface area contributed by atoms with E-state index in [0.29, 0.717) is 45.0 Å². The van der Waals surface area contributed by atoms with Crippen molar-refractivity contribution < 1.29 is 13.9 Å². The molecule has 7 heteroatoms. The van der Waals surface area contributed by atoms with E-state index in [9.17, 15) is 4.79 Å². The van der Waals surface area contributed by atoms with Crippen molar-refractivity contribution in [3.05, 3.63) is 35.3 Å². The number of nitrogens with zero attached hydrogens (tertiary/aromatic N) is 4. The summed E-state index contributed by atoms with van der Waals surface area (Å²) in [6.07, 6.45) is 2.90. The van der Waals surface area contributed by atoms with E-state index in [0.717, 1.165) is 17.1 Å². The first-order valence-electron chi connectivity index (χ1n) is 7.40. The summed E-state index contributed by atoms with van der Waals surface area (Å²) in [6.45, 7) is 4.14. The van der Waals surface area contributed by atoms with Crippen molar-refractivity contribution in [2.24, 2.45) is 0 Å². The van der Waals surface area contributed by atoms with E-state index < -0.39 is 0 Å². The Balaban J connectivity index is 1.59. The molecule has 0 bridgehead atoms. The molecular weight excluding hydrogens is 284 g/mol. The Morgan fingerprint density at radius 2 is 2.36 bits per heavy atom. The maximum absolute atomic E-state index is 12.3. The van der Waals surface area contributed by atoms with Gasteiger partial charge in [0.15, 0.2) is 0 Å². The summed E-state index contributed by atoms with van der Waals surface area (Å²) < 4.78 is 12.5. The summed E-state index contributed by atoms with van der Waals surface area (Å²) in [4.78, 5) is 18.6. The summed E-state index contributed by atoms with van der Waals surface area (Å²) >= 11 is 0. The second-order valence-corrected chi connectivity index (χ2v) is 5.42. The van der Waals surface area contributed by atoms with Crippen LogP contribution in [0.1, 0.15) is 29.5 Å². The maximum Gasteiger partial charge on any atom is 0.224 e. The fourth-order valence-corrected chi connectivity index (χ4v) is 2.64. The number of ether oxygens (including phenoxy) is 1. The van der Waals surface area contributed by atoms with Gasteiger partial charge in [-0.05, 0) is 13.0 Å². The molecule has 0 saturated heterocycles. The molecule has 0 atom stereocenters. The third-order valence-electron chi connectivity index (χ3n) is 3.86. The van der Waals surface area contributed by atoms with Gasteiger partial charge in [-0.2, -0.15) is 5.10 Å². The predicted molar refractivity (Wildman–Crippen MR) is 77.9 cm³/mol. The lowest BCUT2D eigenvalue weighted by Gasteiger charge is -2.25. The van der Waals surface area contributed by atoms with Gasteiger partial charge in [-0.15, -0.1) is 0 Å². The molecule has 118 valence electrons. The molecule has 3 rings (SSSR count). The Labute approximate surface area is 128 Å². The van der Waals surface area contributed by atoms with Crippen LogP contribution in [0.5, 0.6) is 0 Å². The van der Waals surface area contributed by atoms with Crippen molar-refractivity contribution in [3.8, 4) is 0 Å². The summed E-state index contributed by atoms with van der Waals surface area (Å²) in [7, 11) is 1.61. The second kappa shape index (κ2) is 6.31. The summed E-state index contributed by atoms with van der Waals surface area (Å²) in [6, 6.07) is 1.93. The third kappa shape index (κ3) is 3.04. The molecule has 0 fully saturated rings. The van der Waals surface area contributed by atoms with Crippen LogP contribution in [-0.4, -0.2) is 39.2 Å². The molecule has 22 heavy (non-hydrogen) atoms. The van der Waals surface area contributed by atoms with Crippen molar-refractivity contribution in [1.29, 1.82) is 0 Å². The van der Waals surface area contributed by atoms with Crippen LogP contribution in [-0.2, 0) is 35.6 Å². The standard InChI is InChI=1S/C15H20N4O3/c1-11-3-6-16-19(11)8-5-15(20)18-7-4-13-12(9-18)17-14(22-13)10-21-2/h3,6H,4-5,7-10H2,1-2H3. The highest BCUT2D eigenvalue weighted by Crippen LogP contribution is 2.20. The molecule has 0 N–H and O–H groups in total. The van der Waals surface area contributed by atoms with Crippen molar-refractivity contribution in [1.82, 2.24) is 19.7 Å². The predicted octanol–water partition coefficient (Wildman–Crippen LogP) is 1.30. The number of fused-ring (bicyclic) bond motifs is 1. The fourth-order valence-electron chi connectivity index (χ4n) is 2.64. The number of carbonyl (C=O) groups is 1. The maximum atomic E-state index is 12.3. The SMILES string of the molecule is COCc1nc2c(o1)CCN(C(=O)CCn1nccc1C)C2. The van der Waals surface area contributed by atoms with Crippen LogP contribution in [0.25, 0.3) is 0 Å². The van der Waals surface area contributed by atoms with Gasteiger partial charge in [0, 0.05) is 44.9 Å². The Morgan fingerprint density at radius 1 is 1.50 bits per heavy atom. The number of hydrogen-bond donors (Lipinski definition) is 0. The van der Waals surface area contributed by atoms with Crippen molar-refractivity contribution >= 4 is 5.91 Å². The normalized spacial score (nSPS) is 14.2. The van der Waals surface area contributed by atoms with Gasteiger partial charge in [0.25, 0.3) is 0 Å². The number of oxazole rings is 1. The number of amides is 1. The molecule has 3 heterocycles. The van der Waals surface area contributed by atoms with Gasteiger partial charge in [-0.1, -0.05) is 0 Å². The first-order valence-corrected chi connectivity index (χ1v) is 7.40. The number of carbonyl (C=O) groups excluding carboxylic acids is 1. The highest BCUT2D eigenvalue weighted by Gasteiger charge is 2.25. The molecule has 2 aromatic heterocycles. The molecule has 1 aliphatic heterocycles. The third-order valence-corrected chi connectivity index (χ3v) is 3.86. The minimum absolute atomic E-state index is 0.122. The summed E-state index contributed by atoms with van der Waals surface area (Å²) in [5, 5.41) is 4.20. The Morgan fingerprint density at radius 3 is 3.09 bits per heavy atom. The van der Waals surface area contributed by atoms with Crippen LogP contribution in [0.4, 0.5) is 0 Å². The highest BCUT2D eigenvalue weighted by molar-refractivity contribution is 5.76. The minimum Gasteiger partial charge on any atom is -0.443 e. The van der Waals surface area contributed by atoms with E-state index in [1.807, 2.05) is 22.6 Å². The van der Waals surface area contributed by atoms with Crippen molar-refractivity contribution in [2.45, 2.75) is 39.5 Å². The zero-order chi connectivity index (χ0) is 15.5. The Bertz CT molecular complexity index is 662. The lowest BCUT2D eigenvalue weighted by Crippen LogP contribution is -2.36. The molecule has 0 saturated carbocycles. The molecule has 2 aromatic rings. The fraction of sp³-hybridized carbons (Fsp3) is 0.533. The highest BCUT2D eigenvalue weighted by atomic mass is 16.5. The lowest BCUT2D eigenvalue weighted by atomic mass is 10.1. The van der Waals surface area contributed by atoms with Gasteiger partial charge in [-0.3, -0.25) is 9.48 Å². The number of hydrogen-bond acceptors (Lipinski definition) is 5. The monoisotopic (exact) mass is 304 g/mol. The van der Waals surface area contributed by atoms with Gasteiger partial charge in [0.2, 0.25) is 11.8 Å². The van der Waals surface area contributed by atoms with Crippen LogP contribution in [0, 0.1) is 6.92 Å². The number of aromatic nitrogens is 3. The minimum atomic E-state index is 0.122. The van der Waals surface area contributed by atoms with Gasteiger partial charge >= 0.3 is 0 Å². The number of methoxy groups -OCH3 is 1. The molecule has 1 amide bonds. The van der Waals surface area contributed by atoms with Crippen LogP contribution < -0.4 is 0 Å². The average molecular weight is 304 g/mol. The number of aryl methyl sites for hydroxylation is 2. The summed E-state index contributed by atoms with van der Waals surface area (Å²) in [5.41, 5.74) is 1.91. The van der Waals surface area contributed by atoms with E-state index in [1.165, 1.54) is 0 Å². The van der Waals surface area contributed by atoms with E-state index in [4.69, 9.17) is 9.15 Å². The molecule has 0 aliphatic carbocycles. The first kappa shape index (κ1) is 14.8. The lowest BCUT2D eigenvalue weighted by molar-refractivity contribution is -0.132. The molecular formula is C15H20N4O3. The Kier molecular flexibility index (Phi) is 4.24. The van der Waals surface area contributed by atoms with E-state index in [1.54, 1.807) is 13.3 Å². The smallest absolute Gasteiger partial charge is 0.224 e. The van der Waals surface area contributed by atoms with E-state index in [2.05, 4.69) is 10.1 Å². The quantitative estimate of drug-likeness (QED) is 0.832.